The summed E-state index contributed by atoms with van der Waals surface area (Å²) in [5.74, 6) is 7.46. The average Bonchev–Trinajstić information content (AvgIpc) is 2.73. The third-order valence-corrected chi connectivity index (χ3v) is 5.63. The quantitative estimate of drug-likeness (QED) is 0.208. The summed E-state index contributed by atoms with van der Waals surface area (Å²) in [6, 6.07) is 20.6. The molecule has 0 heterocycles. The number of benzene rings is 2. The second-order valence-electron chi connectivity index (χ2n) is 7.54. The number of ether oxygens (including phenoxy) is 2. The lowest BCUT2D eigenvalue weighted by Crippen LogP contribution is -2.34. The molecule has 0 N–H and O–H groups in total. The summed E-state index contributed by atoms with van der Waals surface area (Å²) in [5.41, 5.74) is 0.863. The zero-order chi connectivity index (χ0) is 21.0. The molecule has 0 radical (unpaired) electrons. The van der Waals surface area contributed by atoms with E-state index < -0.39 is 12.3 Å². The van der Waals surface area contributed by atoms with Crippen LogP contribution in [-0.4, -0.2) is 25.1 Å². The first-order valence-corrected chi connectivity index (χ1v) is 10.9. The molecule has 0 saturated heterocycles. The maximum Gasteiger partial charge on any atom is 0.509 e. The van der Waals surface area contributed by atoms with Crippen molar-refractivity contribution in [2.24, 2.45) is 5.41 Å². The van der Waals surface area contributed by atoms with Crippen molar-refractivity contribution < 1.29 is 14.3 Å². The molecule has 4 heteroatoms. The fourth-order valence-electron chi connectivity index (χ4n) is 2.93. The van der Waals surface area contributed by atoms with Crippen LogP contribution in [0.1, 0.15) is 38.7 Å². The number of hydrogen-bond donors (Lipinski definition) is 0. The van der Waals surface area contributed by atoms with Crippen molar-refractivity contribution >= 4 is 17.9 Å². The van der Waals surface area contributed by atoms with Crippen LogP contribution in [0.5, 0.6) is 0 Å². The van der Waals surface area contributed by atoms with Gasteiger partial charge in [0.15, 0.2) is 6.10 Å². The highest BCUT2D eigenvalue weighted by atomic mass is 32.2. The Morgan fingerprint density at radius 3 is 2.34 bits per heavy atom. The number of rotatable bonds is 9. The Bertz CT molecular complexity index is 791. The van der Waals surface area contributed by atoms with Crippen molar-refractivity contribution in [3.8, 4) is 11.8 Å². The molecule has 0 spiro atoms. The van der Waals surface area contributed by atoms with Crippen LogP contribution in [0.15, 0.2) is 65.6 Å². The zero-order valence-corrected chi connectivity index (χ0v) is 18.3. The van der Waals surface area contributed by atoms with E-state index in [0.717, 1.165) is 31.4 Å². The largest absolute Gasteiger partial charge is 0.509 e. The van der Waals surface area contributed by atoms with E-state index in [1.165, 1.54) is 17.6 Å². The highest BCUT2D eigenvalue weighted by Gasteiger charge is 2.32. The SMILES string of the molecule is COC(=O)OC(C#CCCCCSc1ccccc1)C(C)(C)Cc1ccccc1. The van der Waals surface area contributed by atoms with Gasteiger partial charge < -0.3 is 9.47 Å². The molecule has 0 fully saturated rings. The Morgan fingerprint density at radius 1 is 1.03 bits per heavy atom. The first kappa shape index (κ1) is 22.9. The van der Waals surface area contributed by atoms with Gasteiger partial charge >= 0.3 is 6.16 Å². The lowest BCUT2D eigenvalue weighted by atomic mass is 9.80. The minimum absolute atomic E-state index is 0.328. The molecular weight excluding hydrogens is 380 g/mol. The van der Waals surface area contributed by atoms with Gasteiger partial charge in [-0.25, -0.2) is 4.79 Å². The van der Waals surface area contributed by atoms with E-state index >= 15 is 0 Å². The Hall–Kier alpha value is -2.38. The summed E-state index contributed by atoms with van der Waals surface area (Å²) in [4.78, 5) is 13.0. The van der Waals surface area contributed by atoms with Crippen LogP contribution in [-0.2, 0) is 15.9 Å². The topological polar surface area (TPSA) is 35.5 Å². The summed E-state index contributed by atoms with van der Waals surface area (Å²) >= 11 is 1.87. The molecular formula is C25H30O3S. The first-order chi connectivity index (χ1) is 14.0. The van der Waals surface area contributed by atoms with Gasteiger partial charge in [-0.05, 0) is 42.7 Å². The molecule has 29 heavy (non-hydrogen) atoms. The van der Waals surface area contributed by atoms with E-state index in [9.17, 15) is 4.79 Å². The molecule has 0 aromatic heterocycles. The first-order valence-electron chi connectivity index (χ1n) is 9.96. The predicted octanol–water partition coefficient (Wildman–Crippen LogP) is 6.37. The molecule has 2 rings (SSSR count). The Balaban J connectivity index is 1.86. The minimum Gasteiger partial charge on any atom is -0.438 e. The lowest BCUT2D eigenvalue weighted by molar-refractivity contribution is 0.0131. The summed E-state index contributed by atoms with van der Waals surface area (Å²) in [7, 11) is 1.32. The molecule has 0 aliphatic rings. The molecule has 2 aromatic carbocycles. The van der Waals surface area contributed by atoms with Crippen molar-refractivity contribution in [1.29, 1.82) is 0 Å². The average molecular weight is 411 g/mol. The number of hydrogen-bond acceptors (Lipinski definition) is 4. The molecule has 3 nitrogen and oxygen atoms in total. The number of carbonyl (C=O) groups excluding carboxylic acids is 1. The number of unbranched alkanes of at least 4 members (excludes halogenated alkanes) is 2. The molecule has 154 valence electrons. The molecule has 0 aliphatic heterocycles. The third kappa shape index (κ3) is 8.66. The van der Waals surface area contributed by atoms with E-state index in [1.54, 1.807) is 0 Å². The predicted molar refractivity (Wildman–Crippen MR) is 120 cm³/mol. The second kappa shape index (κ2) is 12.2. The van der Waals surface area contributed by atoms with E-state index in [0.29, 0.717) is 0 Å². The van der Waals surface area contributed by atoms with Crippen LogP contribution in [0.4, 0.5) is 4.79 Å². The fourth-order valence-corrected chi connectivity index (χ4v) is 3.86. The van der Waals surface area contributed by atoms with Crippen molar-refractivity contribution in [2.45, 2.75) is 50.5 Å². The van der Waals surface area contributed by atoms with Crippen LogP contribution in [0.3, 0.4) is 0 Å². The van der Waals surface area contributed by atoms with Crippen LogP contribution < -0.4 is 0 Å². The van der Waals surface area contributed by atoms with Gasteiger partial charge in [0.05, 0.1) is 7.11 Å². The zero-order valence-electron chi connectivity index (χ0n) is 17.5. The van der Waals surface area contributed by atoms with Crippen LogP contribution in [0.25, 0.3) is 0 Å². The van der Waals surface area contributed by atoms with Gasteiger partial charge in [-0.2, -0.15) is 0 Å². The maximum atomic E-state index is 11.7. The van der Waals surface area contributed by atoms with Crippen molar-refractivity contribution in [3.63, 3.8) is 0 Å². The number of carbonyl (C=O) groups is 1. The molecule has 2 aromatic rings. The van der Waals surface area contributed by atoms with Gasteiger partial charge in [0.25, 0.3) is 0 Å². The third-order valence-electron chi connectivity index (χ3n) is 4.53. The van der Waals surface area contributed by atoms with E-state index in [-0.39, 0.29) is 5.41 Å². The van der Waals surface area contributed by atoms with Gasteiger partial charge in [0, 0.05) is 16.7 Å². The number of methoxy groups -OCH3 is 1. The smallest absolute Gasteiger partial charge is 0.438 e. The van der Waals surface area contributed by atoms with E-state index in [4.69, 9.17) is 9.47 Å². The Morgan fingerprint density at radius 2 is 1.69 bits per heavy atom. The highest BCUT2D eigenvalue weighted by Crippen LogP contribution is 2.28. The van der Waals surface area contributed by atoms with Crippen molar-refractivity contribution in [2.75, 3.05) is 12.9 Å². The van der Waals surface area contributed by atoms with E-state index in [2.05, 4.69) is 62.1 Å². The van der Waals surface area contributed by atoms with Gasteiger partial charge in [0.2, 0.25) is 0 Å². The molecule has 1 atom stereocenters. The van der Waals surface area contributed by atoms with Gasteiger partial charge in [-0.3, -0.25) is 0 Å². The lowest BCUT2D eigenvalue weighted by Gasteiger charge is -2.30. The highest BCUT2D eigenvalue weighted by molar-refractivity contribution is 7.99. The van der Waals surface area contributed by atoms with Crippen molar-refractivity contribution in [3.05, 3.63) is 66.2 Å². The standard InChI is InChI=1S/C25H30O3S/c1-25(2,20-21-14-8-6-9-15-21)23(28-24(26)27-3)18-12-4-5-13-19-29-22-16-10-7-11-17-22/h6-11,14-17,23H,4-5,13,19-20H2,1-3H3. The monoisotopic (exact) mass is 410 g/mol. The van der Waals surface area contributed by atoms with Crippen LogP contribution >= 0.6 is 11.8 Å². The van der Waals surface area contributed by atoms with Crippen molar-refractivity contribution in [1.82, 2.24) is 0 Å². The molecule has 0 amide bonds. The minimum atomic E-state index is -0.690. The van der Waals surface area contributed by atoms with Gasteiger partial charge in [-0.1, -0.05) is 74.2 Å². The molecule has 0 saturated carbocycles. The summed E-state index contributed by atoms with van der Waals surface area (Å²) in [6.07, 6.45) is 2.47. The summed E-state index contributed by atoms with van der Waals surface area (Å²) < 4.78 is 10.2. The number of thioether (sulfide) groups is 1. The normalized spacial score (nSPS) is 11.8. The van der Waals surface area contributed by atoms with E-state index in [1.807, 2.05) is 36.0 Å². The Kier molecular flexibility index (Phi) is 9.67. The van der Waals surface area contributed by atoms with Crippen LogP contribution in [0.2, 0.25) is 0 Å². The summed E-state index contributed by atoms with van der Waals surface area (Å²) in [5, 5.41) is 0. The molecule has 0 bridgehead atoms. The van der Waals surface area contributed by atoms with Gasteiger partial charge in [-0.15, -0.1) is 11.8 Å². The molecule has 0 aliphatic carbocycles. The fraction of sp³-hybridized carbons (Fsp3) is 0.400. The summed E-state index contributed by atoms with van der Waals surface area (Å²) in [6.45, 7) is 4.14. The molecule has 1 unspecified atom stereocenters. The van der Waals surface area contributed by atoms with Gasteiger partial charge in [0.1, 0.15) is 0 Å². The second-order valence-corrected chi connectivity index (χ2v) is 8.71. The Labute approximate surface area is 179 Å². The van der Waals surface area contributed by atoms with Crippen LogP contribution in [0, 0.1) is 17.3 Å². The maximum absolute atomic E-state index is 11.7.